The predicted molar refractivity (Wildman–Crippen MR) is 147 cm³/mol. The molecule has 0 heterocycles. The Kier molecular flexibility index (Phi) is 11.0. The molecule has 0 aliphatic heterocycles. The van der Waals surface area contributed by atoms with E-state index in [2.05, 4.69) is 49.3 Å². The number of carbonyl (C=O) groups is 2. The number of nitrogens with one attached hydrogen (secondary N) is 1. The molecule has 0 aromatic heterocycles. The Morgan fingerprint density at radius 3 is 2.53 bits per heavy atom. The van der Waals surface area contributed by atoms with Gasteiger partial charge in [-0.15, -0.1) is 0 Å². The highest BCUT2D eigenvalue weighted by atomic mass is 16.5. The van der Waals surface area contributed by atoms with E-state index in [0.29, 0.717) is 12.0 Å². The van der Waals surface area contributed by atoms with Gasteiger partial charge >= 0.3 is 5.97 Å². The van der Waals surface area contributed by atoms with Crippen LogP contribution >= 0.6 is 0 Å². The SMILES string of the molecule is CCCC[C@H](NC(=O)c1ccc(CN(C)CCC2CCCCC2)cc1-c1ccccc1C)C(=O)OC. The first kappa shape index (κ1) is 27.9. The van der Waals surface area contributed by atoms with E-state index in [-0.39, 0.29) is 5.91 Å². The number of hydrogen-bond donors (Lipinski definition) is 1. The van der Waals surface area contributed by atoms with Crippen LogP contribution in [0.4, 0.5) is 0 Å². The van der Waals surface area contributed by atoms with Crippen LogP contribution < -0.4 is 5.32 Å². The van der Waals surface area contributed by atoms with E-state index in [1.54, 1.807) is 0 Å². The van der Waals surface area contributed by atoms with E-state index in [4.69, 9.17) is 4.74 Å². The molecule has 1 fully saturated rings. The number of amides is 1. The number of methoxy groups -OCH3 is 1. The first-order valence-electron chi connectivity index (χ1n) is 13.7. The number of benzene rings is 2. The Morgan fingerprint density at radius 1 is 1.08 bits per heavy atom. The number of ether oxygens (including phenoxy) is 1. The van der Waals surface area contributed by atoms with Crippen molar-refractivity contribution >= 4 is 11.9 Å². The van der Waals surface area contributed by atoms with Crippen molar-refractivity contribution in [2.24, 2.45) is 5.92 Å². The van der Waals surface area contributed by atoms with Crippen molar-refractivity contribution in [3.05, 3.63) is 59.2 Å². The van der Waals surface area contributed by atoms with E-state index in [9.17, 15) is 9.59 Å². The van der Waals surface area contributed by atoms with E-state index < -0.39 is 12.0 Å². The standard InChI is InChI=1S/C31H44N2O3/c1-5-6-16-29(31(35)36-4)32-30(34)27-18-17-25(21-28(27)26-15-11-10-12-23(26)2)22-33(3)20-19-24-13-8-7-9-14-24/h10-12,15,17-18,21,24,29H,5-9,13-14,16,19-20,22H2,1-4H3,(H,32,34)/t29-/m0/s1. The fraction of sp³-hybridized carbons (Fsp3) is 0.548. The van der Waals surface area contributed by atoms with Gasteiger partial charge in [-0.25, -0.2) is 4.79 Å². The van der Waals surface area contributed by atoms with Crippen molar-refractivity contribution in [2.75, 3.05) is 20.7 Å². The van der Waals surface area contributed by atoms with Gasteiger partial charge in [0.05, 0.1) is 7.11 Å². The number of esters is 1. The highest BCUT2D eigenvalue weighted by Crippen LogP contribution is 2.30. The molecule has 2 aromatic carbocycles. The molecule has 3 rings (SSSR count). The maximum Gasteiger partial charge on any atom is 0.328 e. The molecule has 1 N–H and O–H groups in total. The zero-order valence-corrected chi connectivity index (χ0v) is 22.6. The summed E-state index contributed by atoms with van der Waals surface area (Å²) in [5, 5.41) is 2.94. The molecule has 5 heteroatoms. The van der Waals surface area contributed by atoms with E-state index in [1.165, 1.54) is 51.2 Å². The number of rotatable bonds is 12. The van der Waals surface area contributed by atoms with Gasteiger partial charge in [-0.3, -0.25) is 4.79 Å². The summed E-state index contributed by atoms with van der Waals surface area (Å²) in [7, 11) is 3.55. The van der Waals surface area contributed by atoms with Gasteiger partial charge in [-0.1, -0.05) is 82.2 Å². The maximum absolute atomic E-state index is 13.4. The molecular formula is C31H44N2O3. The van der Waals surface area contributed by atoms with Crippen LogP contribution in [0.25, 0.3) is 11.1 Å². The van der Waals surface area contributed by atoms with Crippen molar-refractivity contribution in [2.45, 2.75) is 84.2 Å². The fourth-order valence-corrected chi connectivity index (χ4v) is 5.29. The van der Waals surface area contributed by atoms with Gasteiger partial charge < -0.3 is 15.0 Å². The predicted octanol–water partition coefficient (Wildman–Crippen LogP) is 6.53. The minimum absolute atomic E-state index is 0.239. The third kappa shape index (κ3) is 7.92. The second-order valence-electron chi connectivity index (χ2n) is 10.4. The number of unbranched alkanes of at least 4 members (excludes halogenated alkanes) is 1. The average molecular weight is 493 g/mol. The molecule has 0 spiro atoms. The molecule has 1 atom stereocenters. The van der Waals surface area contributed by atoms with Crippen LogP contribution in [0, 0.1) is 12.8 Å². The Hall–Kier alpha value is -2.66. The summed E-state index contributed by atoms with van der Waals surface area (Å²) in [4.78, 5) is 28.1. The van der Waals surface area contributed by atoms with Gasteiger partial charge in [0.25, 0.3) is 5.91 Å². The van der Waals surface area contributed by atoms with Crippen molar-refractivity contribution in [1.82, 2.24) is 10.2 Å². The van der Waals surface area contributed by atoms with Crippen LogP contribution in [-0.4, -0.2) is 43.5 Å². The van der Waals surface area contributed by atoms with E-state index in [1.807, 2.05) is 24.3 Å². The largest absolute Gasteiger partial charge is 0.467 e. The molecular weight excluding hydrogens is 448 g/mol. The van der Waals surface area contributed by atoms with Crippen molar-refractivity contribution in [1.29, 1.82) is 0 Å². The smallest absolute Gasteiger partial charge is 0.328 e. The summed E-state index contributed by atoms with van der Waals surface area (Å²) in [6.07, 6.45) is 10.5. The van der Waals surface area contributed by atoms with Crippen LogP contribution in [0.3, 0.4) is 0 Å². The molecule has 0 unspecified atom stereocenters. The molecule has 36 heavy (non-hydrogen) atoms. The lowest BCUT2D eigenvalue weighted by Crippen LogP contribution is -2.41. The van der Waals surface area contributed by atoms with E-state index in [0.717, 1.165) is 48.5 Å². The first-order valence-corrected chi connectivity index (χ1v) is 13.7. The molecule has 1 saturated carbocycles. The van der Waals surface area contributed by atoms with Gasteiger partial charge in [0.15, 0.2) is 0 Å². The molecule has 1 amide bonds. The van der Waals surface area contributed by atoms with Crippen molar-refractivity contribution in [3.63, 3.8) is 0 Å². The highest BCUT2D eigenvalue weighted by Gasteiger charge is 2.24. The Balaban J connectivity index is 1.81. The summed E-state index contributed by atoms with van der Waals surface area (Å²) in [6.45, 7) is 6.06. The number of hydrogen-bond acceptors (Lipinski definition) is 4. The van der Waals surface area contributed by atoms with Gasteiger partial charge in [-0.2, -0.15) is 0 Å². The van der Waals surface area contributed by atoms with Gasteiger partial charge in [0, 0.05) is 12.1 Å². The summed E-state index contributed by atoms with van der Waals surface area (Å²) in [5.41, 5.74) is 4.83. The molecule has 0 bridgehead atoms. The summed E-state index contributed by atoms with van der Waals surface area (Å²) >= 11 is 0. The highest BCUT2D eigenvalue weighted by molar-refractivity contribution is 6.02. The second kappa shape index (κ2) is 14.2. The summed E-state index contributed by atoms with van der Waals surface area (Å²) in [6, 6.07) is 13.6. The molecule has 2 aromatic rings. The van der Waals surface area contributed by atoms with Crippen LogP contribution in [0.1, 0.15) is 86.2 Å². The quantitative estimate of drug-likeness (QED) is 0.342. The first-order chi connectivity index (χ1) is 17.4. The molecule has 1 aliphatic rings. The average Bonchev–Trinajstić information content (AvgIpc) is 2.90. The third-order valence-electron chi connectivity index (χ3n) is 7.50. The molecule has 196 valence electrons. The van der Waals surface area contributed by atoms with E-state index >= 15 is 0 Å². The van der Waals surface area contributed by atoms with Crippen LogP contribution in [-0.2, 0) is 16.1 Å². The lowest BCUT2D eigenvalue weighted by molar-refractivity contribution is -0.143. The zero-order chi connectivity index (χ0) is 25.9. The summed E-state index contributed by atoms with van der Waals surface area (Å²) < 4.78 is 4.95. The fourth-order valence-electron chi connectivity index (χ4n) is 5.29. The Labute approximate surface area is 217 Å². The van der Waals surface area contributed by atoms with Crippen LogP contribution in [0.2, 0.25) is 0 Å². The summed E-state index contributed by atoms with van der Waals surface area (Å²) in [5.74, 6) is 0.229. The monoisotopic (exact) mass is 492 g/mol. The van der Waals surface area contributed by atoms with Gasteiger partial charge in [0.2, 0.25) is 0 Å². The molecule has 0 saturated heterocycles. The second-order valence-corrected chi connectivity index (χ2v) is 10.4. The Morgan fingerprint density at radius 2 is 1.83 bits per heavy atom. The number of nitrogens with zero attached hydrogens (tertiary/aromatic N) is 1. The van der Waals surface area contributed by atoms with Crippen LogP contribution in [0.5, 0.6) is 0 Å². The third-order valence-corrected chi connectivity index (χ3v) is 7.50. The lowest BCUT2D eigenvalue weighted by Gasteiger charge is -2.25. The maximum atomic E-state index is 13.4. The lowest BCUT2D eigenvalue weighted by atomic mass is 9.87. The topological polar surface area (TPSA) is 58.6 Å². The number of aryl methyl sites for hydroxylation is 1. The Bertz CT molecular complexity index is 997. The number of carbonyl (C=O) groups excluding carboxylic acids is 2. The minimum atomic E-state index is -0.641. The van der Waals surface area contributed by atoms with Crippen molar-refractivity contribution in [3.8, 4) is 11.1 Å². The normalized spacial score (nSPS) is 15.0. The zero-order valence-electron chi connectivity index (χ0n) is 22.6. The van der Waals surface area contributed by atoms with Crippen molar-refractivity contribution < 1.29 is 14.3 Å². The molecule has 1 aliphatic carbocycles. The van der Waals surface area contributed by atoms with Gasteiger partial charge in [0.1, 0.15) is 6.04 Å². The molecule has 0 radical (unpaired) electrons. The minimum Gasteiger partial charge on any atom is -0.467 e. The van der Waals surface area contributed by atoms with Gasteiger partial charge in [-0.05, 0) is 73.7 Å². The van der Waals surface area contributed by atoms with Crippen LogP contribution in [0.15, 0.2) is 42.5 Å². The molecule has 5 nitrogen and oxygen atoms in total.